The number of halogens is 3. The number of hydrogen-bond donors (Lipinski definition) is 2. The predicted molar refractivity (Wildman–Crippen MR) is 65.0 cm³/mol. The highest BCUT2D eigenvalue weighted by molar-refractivity contribution is 5.93. The first-order valence-corrected chi connectivity index (χ1v) is 5.67. The van der Waals surface area contributed by atoms with Crippen LogP contribution in [-0.2, 0) is 10.3 Å². The molecular formula is C12H12F3N3O2. The number of primary amides is 1. The van der Waals surface area contributed by atoms with E-state index in [1.807, 2.05) is 0 Å². The lowest BCUT2D eigenvalue weighted by atomic mass is 9.89. The number of rotatable bonds is 3. The molecule has 8 heteroatoms. The van der Waals surface area contributed by atoms with E-state index in [1.165, 1.54) is 0 Å². The van der Waals surface area contributed by atoms with E-state index in [0.29, 0.717) is 0 Å². The Morgan fingerprint density at radius 3 is 2.70 bits per heavy atom. The number of amides is 1. The summed E-state index contributed by atoms with van der Waals surface area (Å²) in [6.45, 7) is -0.643. The van der Waals surface area contributed by atoms with Crippen molar-refractivity contribution in [2.24, 2.45) is 16.5 Å². The van der Waals surface area contributed by atoms with Crippen molar-refractivity contribution in [3.05, 3.63) is 35.1 Å². The zero-order chi connectivity index (χ0) is 14.9. The number of ether oxygens (including phenoxy) is 1. The molecule has 1 atom stereocenters. The first-order chi connectivity index (χ1) is 9.36. The molecule has 0 spiro atoms. The molecule has 108 valence electrons. The lowest BCUT2D eigenvalue weighted by molar-refractivity contribution is -0.0146. The number of hydrogen-bond acceptors (Lipinski definition) is 4. The molecule has 0 bridgehead atoms. The Bertz CT molecular complexity index is 577. The number of aliphatic imine (C=N–C) groups is 1. The topological polar surface area (TPSA) is 90.7 Å². The number of carbonyl (C=O) groups is 1. The summed E-state index contributed by atoms with van der Waals surface area (Å²) in [5.74, 6) is -1.96. The van der Waals surface area contributed by atoms with E-state index in [9.17, 15) is 18.0 Å². The molecule has 5 nitrogen and oxygen atoms in total. The van der Waals surface area contributed by atoms with E-state index in [4.69, 9.17) is 16.2 Å². The Hall–Kier alpha value is -2.09. The van der Waals surface area contributed by atoms with Crippen molar-refractivity contribution in [3.63, 3.8) is 0 Å². The maximum atomic E-state index is 13.9. The van der Waals surface area contributed by atoms with Crippen molar-refractivity contribution >= 4 is 11.7 Å². The highest BCUT2D eigenvalue weighted by Crippen LogP contribution is 2.37. The van der Waals surface area contributed by atoms with E-state index in [2.05, 4.69) is 4.99 Å². The fourth-order valence-corrected chi connectivity index (χ4v) is 2.01. The van der Waals surface area contributed by atoms with E-state index in [-0.39, 0.29) is 18.0 Å². The molecular weight excluding hydrogens is 275 g/mol. The van der Waals surface area contributed by atoms with Gasteiger partial charge in [-0.3, -0.25) is 9.79 Å². The summed E-state index contributed by atoms with van der Waals surface area (Å²) in [4.78, 5) is 14.8. The Morgan fingerprint density at radius 2 is 2.15 bits per heavy atom. The van der Waals surface area contributed by atoms with Crippen molar-refractivity contribution in [2.75, 3.05) is 13.2 Å². The fourth-order valence-electron chi connectivity index (χ4n) is 2.01. The monoisotopic (exact) mass is 287 g/mol. The fraction of sp³-hybridized carbons (Fsp3) is 0.333. The smallest absolute Gasteiger partial charge is 0.269 e. The minimum Gasteiger partial charge on any atom is -0.385 e. The molecule has 0 aromatic heterocycles. The maximum absolute atomic E-state index is 13.9. The summed E-state index contributed by atoms with van der Waals surface area (Å²) in [5, 5.41) is 0. The standard InChI is InChI=1S/C12H12F3N3O2/c13-8-2-1-6(10(17)19)3-7(8)12(11(14)15)5-20-4-9(16)18-12/h1-3,11H,4-5H2,(H2,16,18)(H2,17,19)/t12-/m1/s1. The van der Waals surface area contributed by atoms with Crippen LogP contribution in [-0.4, -0.2) is 31.4 Å². The van der Waals surface area contributed by atoms with Gasteiger partial charge in [-0.15, -0.1) is 0 Å². The van der Waals surface area contributed by atoms with E-state index in [1.54, 1.807) is 0 Å². The van der Waals surface area contributed by atoms with Gasteiger partial charge in [-0.05, 0) is 18.2 Å². The van der Waals surface area contributed by atoms with Crippen LogP contribution in [0.5, 0.6) is 0 Å². The van der Waals surface area contributed by atoms with E-state index < -0.39 is 35.9 Å². The van der Waals surface area contributed by atoms with Gasteiger partial charge in [0.15, 0.2) is 5.54 Å². The summed E-state index contributed by atoms with van der Waals surface area (Å²) >= 11 is 0. The van der Waals surface area contributed by atoms with Crippen molar-refractivity contribution in [1.82, 2.24) is 0 Å². The number of nitrogens with two attached hydrogens (primary N) is 2. The lowest BCUT2D eigenvalue weighted by Gasteiger charge is -2.33. The molecule has 1 heterocycles. The summed E-state index contributed by atoms with van der Waals surface area (Å²) in [6.07, 6.45) is -3.06. The molecule has 0 saturated carbocycles. The van der Waals surface area contributed by atoms with Crippen molar-refractivity contribution in [1.29, 1.82) is 0 Å². The molecule has 0 radical (unpaired) electrons. The minimum absolute atomic E-state index is 0.0965. The molecule has 0 aliphatic carbocycles. The van der Waals surface area contributed by atoms with Gasteiger partial charge in [0.2, 0.25) is 5.91 Å². The van der Waals surface area contributed by atoms with Crippen LogP contribution in [0.15, 0.2) is 23.2 Å². The van der Waals surface area contributed by atoms with Crippen LogP contribution in [0.3, 0.4) is 0 Å². The number of carbonyl (C=O) groups excluding carboxylic acids is 1. The Labute approximate surface area is 112 Å². The first kappa shape index (κ1) is 14.3. The largest absolute Gasteiger partial charge is 0.385 e. The van der Waals surface area contributed by atoms with Crippen LogP contribution in [0.1, 0.15) is 15.9 Å². The van der Waals surface area contributed by atoms with Crippen molar-refractivity contribution < 1.29 is 22.7 Å². The second-order valence-corrected chi connectivity index (χ2v) is 4.38. The molecule has 1 amide bonds. The zero-order valence-corrected chi connectivity index (χ0v) is 10.3. The Balaban J connectivity index is 2.64. The second kappa shape index (κ2) is 5.12. The van der Waals surface area contributed by atoms with Gasteiger partial charge in [0.25, 0.3) is 6.43 Å². The Kier molecular flexibility index (Phi) is 3.67. The average molecular weight is 287 g/mol. The molecule has 0 unspecified atom stereocenters. The van der Waals surface area contributed by atoms with Gasteiger partial charge in [0, 0.05) is 11.1 Å². The van der Waals surface area contributed by atoms with E-state index >= 15 is 0 Å². The molecule has 1 aromatic rings. The molecule has 2 rings (SSSR count). The van der Waals surface area contributed by atoms with Crippen molar-refractivity contribution in [2.45, 2.75) is 12.0 Å². The number of benzene rings is 1. The summed E-state index contributed by atoms with van der Waals surface area (Å²) in [7, 11) is 0. The molecule has 1 aromatic carbocycles. The van der Waals surface area contributed by atoms with Crippen LogP contribution in [0.25, 0.3) is 0 Å². The van der Waals surface area contributed by atoms with Gasteiger partial charge in [-0.1, -0.05) is 0 Å². The van der Waals surface area contributed by atoms with Gasteiger partial charge in [-0.25, -0.2) is 13.2 Å². The van der Waals surface area contributed by atoms with Crippen LogP contribution >= 0.6 is 0 Å². The molecule has 0 saturated heterocycles. The van der Waals surface area contributed by atoms with E-state index in [0.717, 1.165) is 18.2 Å². The molecule has 4 N–H and O–H groups in total. The predicted octanol–water partition coefficient (Wildman–Crippen LogP) is 0.772. The average Bonchev–Trinajstić information content (AvgIpc) is 2.38. The van der Waals surface area contributed by atoms with Gasteiger partial charge in [-0.2, -0.15) is 0 Å². The minimum atomic E-state index is -3.06. The third-order valence-corrected chi connectivity index (χ3v) is 2.99. The van der Waals surface area contributed by atoms with Gasteiger partial charge in [0.1, 0.15) is 18.3 Å². The van der Waals surface area contributed by atoms with Crippen molar-refractivity contribution in [3.8, 4) is 0 Å². The highest BCUT2D eigenvalue weighted by Gasteiger charge is 2.46. The molecule has 1 aliphatic rings. The Morgan fingerprint density at radius 1 is 1.45 bits per heavy atom. The van der Waals surface area contributed by atoms with Crippen LogP contribution in [0, 0.1) is 5.82 Å². The quantitative estimate of drug-likeness (QED) is 0.860. The summed E-state index contributed by atoms with van der Waals surface area (Å²) in [5.41, 5.74) is 7.65. The number of nitrogens with zero attached hydrogens (tertiary/aromatic N) is 1. The third-order valence-electron chi connectivity index (χ3n) is 2.99. The van der Waals surface area contributed by atoms with Crippen LogP contribution < -0.4 is 11.5 Å². The number of alkyl halides is 2. The molecule has 20 heavy (non-hydrogen) atoms. The maximum Gasteiger partial charge on any atom is 0.269 e. The number of amidine groups is 1. The zero-order valence-electron chi connectivity index (χ0n) is 10.3. The highest BCUT2D eigenvalue weighted by atomic mass is 19.3. The SMILES string of the molecule is NC(=O)c1ccc(F)c([C@@]2(C(F)F)COCC(N)=N2)c1. The normalized spacial score (nSPS) is 22.7. The van der Waals surface area contributed by atoms with Crippen LogP contribution in [0.2, 0.25) is 0 Å². The van der Waals surface area contributed by atoms with Gasteiger partial charge < -0.3 is 16.2 Å². The first-order valence-electron chi connectivity index (χ1n) is 5.67. The lowest BCUT2D eigenvalue weighted by Crippen LogP contribution is -2.45. The second-order valence-electron chi connectivity index (χ2n) is 4.38. The summed E-state index contributed by atoms with van der Waals surface area (Å²) in [6, 6.07) is 2.95. The van der Waals surface area contributed by atoms with Crippen LogP contribution in [0.4, 0.5) is 13.2 Å². The van der Waals surface area contributed by atoms with Gasteiger partial charge in [0.05, 0.1) is 6.61 Å². The molecule has 0 fully saturated rings. The molecule has 1 aliphatic heterocycles. The van der Waals surface area contributed by atoms with Gasteiger partial charge >= 0.3 is 0 Å². The summed E-state index contributed by atoms with van der Waals surface area (Å²) < 4.78 is 45.7. The third kappa shape index (κ3) is 2.34.